The largest absolute Gasteiger partial charge is 4.00 e. The Labute approximate surface area is 279 Å². The van der Waals surface area contributed by atoms with E-state index in [1.807, 2.05) is 27.7 Å². The van der Waals surface area contributed by atoms with E-state index in [1.54, 1.807) is 0 Å². The van der Waals surface area contributed by atoms with E-state index in [0.29, 0.717) is 25.7 Å². The van der Waals surface area contributed by atoms with Crippen LogP contribution in [-0.4, -0.2) is 58.7 Å². The summed E-state index contributed by atoms with van der Waals surface area (Å²) in [6.45, 7) is 15.8. The van der Waals surface area contributed by atoms with Crippen LogP contribution in [0.15, 0.2) is 0 Å². The van der Waals surface area contributed by atoms with E-state index >= 15 is 0 Å². The van der Waals surface area contributed by atoms with Crippen LogP contribution in [-0.2, 0) is 19.2 Å². The molecule has 0 aromatic rings. The molecule has 4 atom stereocenters. The average molecular weight is 728 g/mol. The molecule has 4 N–H and O–H groups in total. The summed E-state index contributed by atoms with van der Waals surface area (Å²) < 4.78 is 0. The first-order valence-corrected chi connectivity index (χ1v) is 15.7. The van der Waals surface area contributed by atoms with Gasteiger partial charge in [-0.15, -0.1) is 0 Å². The van der Waals surface area contributed by atoms with Gasteiger partial charge in [-0.3, -0.25) is 0 Å². The van der Waals surface area contributed by atoms with Crippen molar-refractivity contribution in [2.24, 2.45) is 23.7 Å². The summed E-state index contributed by atoms with van der Waals surface area (Å²) in [7, 11) is 0. The standard InChI is InChI=1S/4C8H16O2.2H2O.Sn/c4*1-3-5-6-7(4-2)8(9)10;;;/h4*7H,3-6H2,1-2H3,(H,9,10);2*1H2;/q;;;;;;+4/p-4. The third kappa shape index (κ3) is 40.6. The van der Waals surface area contributed by atoms with Crippen molar-refractivity contribution in [3.05, 3.63) is 0 Å². The Kier molecular flexibility index (Phi) is 56.9. The predicted octanol–water partition coefficient (Wildman–Crippen LogP) is 1.78. The van der Waals surface area contributed by atoms with E-state index < -0.39 is 23.9 Å². The zero-order chi connectivity index (χ0) is 31.9. The van der Waals surface area contributed by atoms with Crippen molar-refractivity contribution in [1.82, 2.24) is 0 Å². The molecule has 43 heavy (non-hydrogen) atoms. The Morgan fingerprint density at radius 3 is 0.605 bits per heavy atom. The SMILES string of the molecule is CCCCC(CC)C(=O)[O-].CCCCC(CC)C(=O)[O-].CCCCC(CC)C(=O)[O-].CCCCC(CC)C(=O)[O-].O.O.[Sn+4]. The molecule has 0 heterocycles. The van der Waals surface area contributed by atoms with Crippen molar-refractivity contribution >= 4 is 47.8 Å². The van der Waals surface area contributed by atoms with Crippen molar-refractivity contribution in [3.8, 4) is 0 Å². The van der Waals surface area contributed by atoms with Crippen molar-refractivity contribution < 1.29 is 50.6 Å². The zero-order valence-electron chi connectivity index (χ0n) is 28.4. The number of unbranched alkanes of at least 4 members (excludes halogenated alkanes) is 4. The molecule has 0 aliphatic rings. The first-order chi connectivity index (χ1) is 18.9. The monoisotopic (exact) mass is 728 g/mol. The summed E-state index contributed by atoms with van der Waals surface area (Å²) in [6, 6.07) is 0. The molecule has 0 aromatic heterocycles. The Morgan fingerprint density at radius 2 is 0.535 bits per heavy atom. The fraction of sp³-hybridized carbons (Fsp3) is 0.875. The molecule has 256 valence electrons. The van der Waals surface area contributed by atoms with Crippen LogP contribution in [0.4, 0.5) is 0 Å². The van der Waals surface area contributed by atoms with Gasteiger partial charge in [0.2, 0.25) is 0 Å². The normalized spacial score (nSPS) is 12.1. The minimum absolute atomic E-state index is 0. The Bertz CT molecular complexity index is 513. The zero-order valence-corrected chi connectivity index (χ0v) is 31.2. The van der Waals surface area contributed by atoms with Gasteiger partial charge < -0.3 is 50.6 Å². The quantitative estimate of drug-likeness (QED) is 0.168. The van der Waals surface area contributed by atoms with E-state index in [-0.39, 0.29) is 58.5 Å². The smallest absolute Gasteiger partial charge is 0.550 e. The van der Waals surface area contributed by atoms with Crippen LogP contribution in [0.5, 0.6) is 0 Å². The second-order valence-electron chi connectivity index (χ2n) is 10.3. The molecule has 0 aliphatic carbocycles. The van der Waals surface area contributed by atoms with E-state index in [4.69, 9.17) is 0 Å². The van der Waals surface area contributed by atoms with Crippen molar-refractivity contribution in [3.63, 3.8) is 0 Å². The van der Waals surface area contributed by atoms with Gasteiger partial charge in [-0.05, 0) is 75.0 Å². The number of hydrogen-bond acceptors (Lipinski definition) is 8. The second kappa shape index (κ2) is 42.7. The van der Waals surface area contributed by atoms with E-state index in [9.17, 15) is 39.6 Å². The second-order valence-corrected chi connectivity index (χ2v) is 10.3. The van der Waals surface area contributed by atoms with Gasteiger partial charge in [0.05, 0.1) is 0 Å². The molecule has 0 spiro atoms. The van der Waals surface area contributed by atoms with Gasteiger partial charge in [0.15, 0.2) is 0 Å². The number of carboxylic acids is 4. The van der Waals surface area contributed by atoms with Gasteiger partial charge in [-0.25, -0.2) is 0 Å². The molecular formula is C32H64O10Sn. The molecule has 0 bridgehead atoms. The first-order valence-electron chi connectivity index (χ1n) is 15.7. The maximum atomic E-state index is 10.3. The summed E-state index contributed by atoms with van der Waals surface area (Å²) in [5.74, 6) is -4.46. The van der Waals surface area contributed by atoms with Crippen LogP contribution in [0.1, 0.15) is 158 Å². The third-order valence-electron chi connectivity index (χ3n) is 6.93. The summed E-state index contributed by atoms with van der Waals surface area (Å²) in [5, 5.41) is 41.3. The molecular weight excluding hydrogens is 663 g/mol. The van der Waals surface area contributed by atoms with E-state index in [1.165, 1.54) is 0 Å². The average Bonchev–Trinajstić information content (AvgIpc) is 2.91. The Balaban J connectivity index is -0.0000000785. The summed E-state index contributed by atoms with van der Waals surface area (Å²) in [6.07, 6.45) is 14.1. The predicted molar refractivity (Wildman–Crippen MR) is 166 cm³/mol. The third-order valence-corrected chi connectivity index (χ3v) is 6.93. The van der Waals surface area contributed by atoms with E-state index in [0.717, 1.165) is 77.0 Å². The molecule has 0 rings (SSSR count). The molecule has 0 radical (unpaired) electrons. The number of carbonyl (C=O) groups excluding carboxylic acids is 4. The minimum Gasteiger partial charge on any atom is -0.550 e. The first kappa shape index (κ1) is 57.3. The molecule has 0 fully saturated rings. The fourth-order valence-corrected chi connectivity index (χ4v) is 3.76. The number of aliphatic carboxylic acids is 4. The fourth-order valence-electron chi connectivity index (χ4n) is 3.76. The van der Waals surface area contributed by atoms with Gasteiger partial charge in [0.1, 0.15) is 0 Å². The van der Waals surface area contributed by atoms with Gasteiger partial charge in [0, 0.05) is 23.9 Å². The van der Waals surface area contributed by atoms with Crippen LogP contribution in [0.25, 0.3) is 0 Å². The van der Waals surface area contributed by atoms with Crippen molar-refractivity contribution in [1.29, 1.82) is 0 Å². The molecule has 4 unspecified atom stereocenters. The maximum absolute atomic E-state index is 10.3. The maximum Gasteiger partial charge on any atom is 4.00 e. The summed E-state index contributed by atoms with van der Waals surface area (Å²) >= 11 is 0. The van der Waals surface area contributed by atoms with Crippen LogP contribution in [0, 0.1) is 23.7 Å². The van der Waals surface area contributed by atoms with Crippen molar-refractivity contribution in [2.45, 2.75) is 158 Å². The molecule has 0 aromatic carbocycles. The van der Waals surface area contributed by atoms with Crippen molar-refractivity contribution in [2.75, 3.05) is 0 Å². The molecule has 10 nitrogen and oxygen atoms in total. The van der Waals surface area contributed by atoms with Gasteiger partial charge in [-0.2, -0.15) is 0 Å². The summed E-state index contributed by atoms with van der Waals surface area (Å²) in [4.78, 5) is 41.3. The molecule has 0 saturated carbocycles. The van der Waals surface area contributed by atoms with Crippen LogP contribution in [0.2, 0.25) is 0 Å². The van der Waals surface area contributed by atoms with Gasteiger partial charge >= 0.3 is 23.9 Å². The number of carbonyl (C=O) groups is 4. The topological polar surface area (TPSA) is 224 Å². The Morgan fingerprint density at radius 1 is 0.395 bits per heavy atom. The summed E-state index contributed by atoms with van der Waals surface area (Å²) in [5.41, 5.74) is 0. The number of hydrogen-bond donors (Lipinski definition) is 0. The van der Waals surface area contributed by atoms with E-state index in [2.05, 4.69) is 27.7 Å². The molecule has 11 heteroatoms. The molecule has 0 saturated heterocycles. The van der Waals surface area contributed by atoms with Crippen LogP contribution >= 0.6 is 0 Å². The van der Waals surface area contributed by atoms with Crippen LogP contribution < -0.4 is 20.4 Å². The van der Waals surface area contributed by atoms with Crippen LogP contribution in [0.3, 0.4) is 0 Å². The minimum atomic E-state index is -0.893. The molecule has 0 aliphatic heterocycles. The molecule has 0 amide bonds. The number of rotatable bonds is 20. The number of carboxylic acid groups (broad SMARTS) is 4. The Hall–Kier alpha value is -1.40. The van der Waals surface area contributed by atoms with Gasteiger partial charge in [0.25, 0.3) is 0 Å². The van der Waals surface area contributed by atoms with Gasteiger partial charge in [-0.1, -0.05) is 107 Å².